The van der Waals surface area contributed by atoms with Crippen LogP contribution in [0, 0.1) is 6.92 Å². The van der Waals surface area contributed by atoms with Crippen LogP contribution in [0.4, 0.5) is 5.69 Å². The molecule has 0 saturated carbocycles. The van der Waals surface area contributed by atoms with Gasteiger partial charge in [-0.15, -0.1) is 0 Å². The van der Waals surface area contributed by atoms with Gasteiger partial charge in [-0.2, -0.15) is 4.99 Å². The lowest BCUT2D eigenvalue weighted by Crippen LogP contribution is -2.22. The van der Waals surface area contributed by atoms with Crippen molar-refractivity contribution in [3.63, 3.8) is 0 Å². The first-order valence-corrected chi connectivity index (χ1v) is 6.95. The summed E-state index contributed by atoms with van der Waals surface area (Å²) in [6.45, 7) is 1.72. The van der Waals surface area contributed by atoms with Gasteiger partial charge in [0.05, 0.1) is 16.8 Å². The molecule has 5 heteroatoms. The van der Waals surface area contributed by atoms with E-state index in [-0.39, 0.29) is 28.4 Å². The molecule has 1 aliphatic rings. The number of benzene rings is 2. The molecule has 0 spiro atoms. The van der Waals surface area contributed by atoms with Crippen LogP contribution in [0.2, 0.25) is 0 Å². The number of halogens is 1. The first-order valence-electron chi connectivity index (χ1n) is 6.15. The Labute approximate surface area is 128 Å². The van der Waals surface area contributed by atoms with Crippen LogP contribution in [0.15, 0.2) is 39.8 Å². The summed E-state index contributed by atoms with van der Waals surface area (Å²) < 4.78 is 0.521. The Bertz CT molecular complexity index is 864. The number of isocyanates is 1. The summed E-state index contributed by atoms with van der Waals surface area (Å²) in [6, 6.07) is 8.30. The molecular weight excluding hydrogens is 334 g/mol. The summed E-state index contributed by atoms with van der Waals surface area (Å²) in [5.74, 6) is -0.562. The lowest BCUT2D eigenvalue weighted by Gasteiger charge is -2.20. The molecule has 0 atom stereocenters. The van der Waals surface area contributed by atoms with Gasteiger partial charge in [0.25, 0.3) is 0 Å². The number of rotatable bonds is 1. The predicted molar refractivity (Wildman–Crippen MR) is 80.0 cm³/mol. The van der Waals surface area contributed by atoms with Crippen LogP contribution < -0.4 is 0 Å². The van der Waals surface area contributed by atoms with Crippen molar-refractivity contribution in [3.05, 3.63) is 62.6 Å². The number of ketones is 2. The largest absolute Gasteiger partial charge is 0.289 e. The fourth-order valence-corrected chi connectivity index (χ4v) is 3.27. The third-order valence-corrected chi connectivity index (χ3v) is 4.10. The number of nitrogens with zero attached hydrogens (tertiary/aromatic N) is 1. The van der Waals surface area contributed by atoms with Crippen molar-refractivity contribution in [1.29, 1.82) is 0 Å². The second kappa shape index (κ2) is 4.88. The smallest absolute Gasteiger partial charge is 0.240 e. The molecule has 21 heavy (non-hydrogen) atoms. The number of fused-ring (bicyclic) bond motifs is 2. The quantitative estimate of drug-likeness (QED) is 0.502. The fourth-order valence-electron chi connectivity index (χ4n) is 2.55. The average Bonchev–Trinajstić information content (AvgIpc) is 2.47. The molecule has 0 unspecified atom stereocenters. The van der Waals surface area contributed by atoms with Gasteiger partial charge in [0, 0.05) is 15.6 Å². The van der Waals surface area contributed by atoms with Gasteiger partial charge in [-0.3, -0.25) is 9.59 Å². The monoisotopic (exact) mass is 341 g/mol. The molecular formula is C16H8BrNO3. The molecule has 0 heterocycles. The van der Waals surface area contributed by atoms with Gasteiger partial charge in [0.1, 0.15) is 0 Å². The van der Waals surface area contributed by atoms with Crippen LogP contribution in [-0.4, -0.2) is 17.6 Å². The van der Waals surface area contributed by atoms with Gasteiger partial charge < -0.3 is 0 Å². The van der Waals surface area contributed by atoms with Crippen molar-refractivity contribution in [2.45, 2.75) is 6.92 Å². The Morgan fingerprint density at radius 3 is 2.19 bits per heavy atom. The van der Waals surface area contributed by atoms with Gasteiger partial charge in [-0.05, 0) is 34.5 Å². The molecule has 1 aliphatic carbocycles. The Morgan fingerprint density at radius 1 is 1.05 bits per heavy atom. The Morgan fingerprint density at radius 2 is 1.62 bits per heavy atom. The summed E-state index contributed by atoms with van der Waals surface area (Å²) >= 11 is 3.32. The normalized spacial score (nSPS) is 12.5. The molecule has 0 bridgehead atoms. The number of hydrogen-bond acceptors (Lipinski definition) is 4. The summed E-state index contributed by atoms with van der Waals surface area (Å²) in [4.78, 5) is 39.6. The highest BCUT2D eigenvalue weighted by atomic mass is 79.9. The number of aliphatic imine (C=N–C) groups is 1. The maximum absolute atomic E-state index is 12.7. The second-order valence-electron chi connectivity index (χ2n) is 4.68. The summed E-state index contributed by atoms with van der Waals surface area (Å²) in [6.07, 6.45) is 1.45. The van der Waals surface area contributed by atoms with E-state index >= 15 is 0 Å². The van der Waals surface area contributed by atoms with Crippen molar-refractivity contribution in [1.82, 2.24) is 0 Å². The molecule has 2 aromatic rings. The van der Waals surface area contributed by atoms with E-state index in [9.17, 15) is 14.4 Å². The molecule has 0 aromatic heterocycles. The van der Waals surface area contributed by atoms with E-state index in [1.807, 2.05) is 0 Å². The second-order valence-corrected chi connectivity index (χ2v) is 5.54. The van der Waals surface area contributed by atoms with E-state index in [1.165, 1.54) is 6.08 Å². The van der Waals surface area contributed by atoms with Crippen LogP contribution in [0.1, 0.15) is 37.4 Å². The molecule has 2 aromatic carbocycles. The van der Waals surface area contributed by atoms with Crippen LogP contribution in [0.3, 0.4) is 0 Å². The third-order valence-electron chi connectivity index (χ3n) is 3.47. The maximum Gasteiger partial charge on any atom is 0.240 e. The van der Waals surface area contributed by atoms with E-state index in [0.29, 0.717) is 21.2 Å². The third kappa shape index (κ3) is 1.90. The van der Waals surface area contributed by atoms with E-state index in [1.54, 1.807) is 37.3 Å². The number of hydrogen-bond donors (Lipinski definition) is 0. The average molecular weight is 342 g/mol. The molecule has 0 amide bonds. The minimum absolute atomic E-state index is 0.161. The van der Waals surface area contributed by atoms with Crippen molar-refractivity contribution in [2.24, 2.45) is 4.99 Å². The van der Waals surface area contributed by atoms with Crippen molar-refractivity contribution < 1.29 is 14.4 Å². The van der Waals surface area contributed by atoms with Crippen LogP contribution in [-0.2, 0) is 4.79 Å². The van der Waals surface area contributed by atoms with Crippen LogP contribution >= 0.6 is 15.9 Å². The summed E-state index contributed by atoms with van der Waals surface area (Å²) in [5.41, 5.74) is 1.93. The van der Waals surface area contributed by atoms with Gasteiger partial charge in [-0.25, -0.2) is 4.79 Å². The minimum atomic E-state index is -0.307. The Balaban J connectivity index is 2.45. The summed E-state index contributed by atoms with van der Waals surface area (Å²) in [7, 11) is 0. The highest BCUT2D eigenvalue weighted by Gasteiger charge is 2.34. The first kappa shape index (κ1) is 13.6. The molecule has 102 valence electrons. The van der Waals surface area contributed by atoms with E-state index < -0.39 is 0 Å². The number of aryl methyl sites for hydroxylation is 1. The zero-order chi connectivity index (χ0) is 15.1. The molecule has 4 nitrogen and oxygen atoms in total. The highest BCUT2D eigenvalue weighted by Crippen LogP contribution is 2.39. The van der Waals surface area contributed by atoms with E-state index in [2.05, 4.69) is 20.9 Å². The van der Waals surface area contributed by atoms with Crippen LogP contribution in [0.5, 0.6) is 0 Å². The van der Waals surface area contributed by atoms with E-state index in [0.717, 1.165) is 0 Å². The van der Waals surface area contributed by atoms with E-state index in [4.69, 9.17) is 0 Å². The fraction of sp³-hybridized carbons (Fsp3) is 0.0625. The zero-order valence-electron chi connectivity index (χ0n) is 10.9. The van der Waals surface area contributed by atoms with Gasteiger partial charge in [0.15, 0.2) is 11.6 Å². The van der Waals surface area contributed by atoms with Crippen molar-refractivity contribution in [2.75, 3.05) is 0 Å². The molecule has 0 radical (unpaired) electrons. The Kier molecular flexibility index (Phi) is 3.16. The Hall–Kier alpha value is -2.36. The highest BCUT2D eigenvalue weighted by molar-refractivity contribution is 9.10. The van der Waals surface area contributed by atoms with Gasteiger partial charge in [-0.1, -0.05) is 24.3 Å². The van der Waals surface area contributed by atoms with Gasteiger partial charge >= 0.3 is 0 Å². The first-order chi connectivity index (χ1) is 10.1. The molecule has 0 aliphatic heterocycles. The minimum Gasteiger partial charge on any atom is -0.289 e. The van der Waals surface area contributed by atoms with Crippen molar-refractivity contribution >= 4 is 39.3 Å². The number of carbonyl (C=O) groups excluding carboxylic acids is 3. The van der Waals surface area contributed by atoms with Gasteiger partial charge in [0.2, 0.25) is 6.08 Å². The standard InChI is InChI=1S/C16H8BrNO3/c1-8-6-11(17)12-13(14(8)18-7-19)16(21)10-5-3-2-4-9(10)15(12)20/h2-6H,1H3. The maximum atomic E-state index is 12.7. The SMILES string of the molecule is Cc1cc(Br)c2c(c1N=C=O)C(=O)c1ccccc1C2=O. The topological polar surface area (TPSA) is 63.6 Å². The molecule has 3 rings (SSSR count). The molecule has 0 N–H and O–H groups in total. The summed E-state index contributed by atoms with van der Waals surface area (Å²) in [5, 5.41) is 0. The lowest BCUT2D eigenvalue weighted by atomic mass is 9.82. The predicted octanol–water partition coefficient (Wildman–Crippen LogP) is 3.50. The van der Waals surface area contributed by atoms with Crippen LogP contribution in [0.25, 0.3) is 0 Å². The molecule has 0 saturated heterocycles. The van der Waals surface area contributed by atoms with Crippen molar-refractivity contribution in [3.8, 4) is 0 Å². The lowest BCUT2D eigenvalue weighted by molar-refractivity contribution is 0.0979. The zero-order valence-corrected chi connectivity index (χ0v) is 12.5. The number of carbonyl (C=O) groups is 2. The molecule has 0 fully saturated rings.